The molecule has 1 aliphatic heterocycles. The van der Waals surface area contributed by atoms with Crippen LogP contribution in [0.3, 0.4) is 0 Å². The Balaban J connectivity index is 1.74. The molecule has 4 heteroatoms. The van der Waals surface area contributed by atoms with E-state index in [1.807, 2.05) is 0 Å². The van der Waals surface area contributed by atoms with Crippen molar-refractivity contribution in [3.05, 3.63) is 0 Å². The number of likely N-dealkylation sites (N-methyl/N-ethyl adjacent to an activating group) is 1. The van der Waals surface area contributed by atoms with E-state index in [1.54, 1.807) is 0 Å². The summed E-state index contributed by atoms with van der Waals surface area (Å²) < 4.78 is 0. The van der Waals surface area contributed by atoms with Gasteiger partial charge in [-0.05, 0) is 59.0 Å². The van der Waals surface area contributed by atoms with Crippen molar-refractivity contribution in [3.63, 3.8) is 0 Å². The van der Waals surface area contributed by atoms with Gasteiger partial charge in [-0.3, -0.25) is 9.69 Å². The summed E-state index contributed by atoms with van der Waals surface area (Å²) in [4.78, 5) is 16.6. The smallest absolute Gasteiger partial charge is 0.236 e. The van der Waals surface area contributed by atoms with Crippen molar-refractivity contribution < 1.29 is 4.79 Å². The highest BCUT2D eigenvalue weighted by Crippen LogP contribution is 2.22. The maximum atomic E-state index is 12.2. The molecule has 19 heavy (non-hydrogen) atoms. The number of hydrogen-bond acceptors (Lipinski definition) is 3. The molecular formula is C15H29N3O. The molecule has 1 aliphatic carbocycles. The molecule has 110 valence electrons. The fourth-order valence-corrected chi connectivity index (χ4v) is 3.39. The summed E-state index contributed by atoms with van der Waals surface area (Å²) in [5, 5.41) is 3.36. The van der Waals surface area contributed by atoms with Gasteiger partial charge in [0.25, 0.3) is 0 Å². The van der Waals surface area contributed by atoms with E-state index in [2.05, 4.69) is 29.2 Å². The van der Waals surface area contributed by atoms with Crippen LogP contribution >= 0.6 is 0 Å². The van der Waals surface area contributed by atoms with Crippen LogP contribution in [-0.2, 0) is 4.79 Å². The van der Waals surface area contributed by atoms with Gasteiger partial charge < -0.3 is 10.2 Å². The molecule has 4 nitrogen and oxygen atoms in total. The van der Waals surface area contributed by atoms with Gasteiger partial charge >= 0.3 is 0 Å². The molecule has 0 atom stereocenters. The predicted molar refractivity (Wildman–Crippen MR) is 78.2 cm³/mol. The summed E-state index contributed by atoms with van der Waals surface area (Å²) in [6.45, 7) is 2.55. The lowest BCUT2D eigenvalue weighted by molar-refractivity contribution is -0.133. The summed E-state index contributed by atoms with van der Waals surface area (Å²) in [7, 11) is 4.17. The normalized spacial score (nSPS) is 28.7. The summed E-state index contributed by atoms with van der Waals surface area (Å²) in [5.41, 5.74) is 0. The molecule has 0 aromatic rings. The Kier molecular flexibility index (Phi) is 5.64. The molecule has 0 aromatic heterocycles. The Morgan fingerprint density at radius 1 is 1.16 bits per heavy atom. The van der Waals surface area contributed by atoms with Crippen molar-refractivity contribution in [1.29, 1.82) is 0 Å². The van der Waals surface area contributed by atoms with Crippen molar-refractivity contribution in [1.82, 2.24) is 15.1 Å². The van der Waals surface area contributed by atoms with Crippen LogP contribution < -0.4 is 5.32 Å². The van der Waals surface area contributed by atoms with E-state index >= 15 is 0 Å². The van der Waals surface area contributed by atoms with Gasteiger partial charge in [0.2, 0.25) is 5.91 Å². The third kappa shape index (κ3) is 4.18. The third-order valence-electron chi connectivity index (χ3n) is 4.82. The van der Waals surface area contributed by atoms with E-state index in [4.69, 9.17) is 0 Å². The van der Waals surface area contributed by atoms with E-state index in [0.717, 1.165) is 13.1 Å². The molecule has 1 saturated heterocycles. The molecule has 0 radical (unpaired) electrons. The molecule has 0 unspecified atom stereocenters. The fourth-order valence-electron chi connectivity index (χ4n) is 3.39. The second kappa shape index (κ2) is 7.25. The monoisotopic (exact) mass is 267 g/mol. The van der Waals surface area contributed by atoms with Crippen LogP contribution in [0.25, 0.3) is 0 Å². The molecule has 1 heterocycles. The highest BCUT2D eigenvalue weighted by molar-refractivity contribution is 5.78. The van der Waals surface area contributed by atoms with Gasteiger partial charge in [-0.25, -0.2) is 0 Å². The van der Waals surface area contributed by atoms with Crippen LogP contribution in [0.1, 0.15) is 44.9 Å². The van der Waals surface area contributed by atoms with E-state index in [-0.39, 0.29) is 0 Å². The predicted octanol–water partition coefficient (Wildman–Crippen LogP) is 1.46. The average Bonchev–Trinajstić information content (AvgIpc) is 2.48. The number of hydrogen-bond donors (Lipinski definition) is 1. The highest BCUT2D eigenvalue weighted by Gasteiger charge is 2.25. The lowest BCUT2D eigenvalue weighted by atomic mass is 9.90. The second-order valence-corrected chi connectivity index (χ2v) is 6.15. The van der Waals surface area contributed by atoms with Gasteiger partial charge in [0.05, 0.1) is 6.54 Å². The molecule has 2 rings (SSSR count). The molecular weight excluding hydrogens is 238 g/mol. The zero-order valence-corrected chi connectivity index (χ0v) is 12.5. The topological polar surface area (TPSA) is 35.6 Å². The summed E-state index contributed by atoms with van der Waals surface area (Å²) in [6, 6.07) is 1.28. The number of likely N-dealkylation sites (tertiary alicyclic amines) is 1. The summed E-state index contributed by atoms with van der Waals surface area (Å²) >= 11 is 0. The number of nitrogens with zero attached hydrogens (tertiary/aromatic N) is 2. The number of carbonyl (C=O) groups is 1. The number of piperidine rings is 1. The third-order valence-corrected chi connectivity index (χ3v) is 4.82. The SMILES string of the molecule is CNC1CCC(N(C)CC(=O)N2CCCCC2)CC1. The molecule has 1 N–H and O–H groups in total. The maximum Gasteiger partial charge on any atom is 0.236 e. The van der Waals surface area contributed by atoms with E-state index in [0.29, 0.717) is 24.5 Å². The zero-order valence-electron chi connectivity index (χ0n) is 12.5. The first kappa shape index (κ1) is 14.8. The molecule has 0 aromatic carbocycles. The van der Waals surface area contributed by atoms with Crippen LogP contribution in [-0.4, -0.2) is 61.5 Å². The summed E-state index contributed by atoms with van der Waals surface area (Å²) in [5.74, 6) is 0.331. The number of carbonyl (C=O) groups excluding carboxylic acids is 1. The molecule has 1 saturated carbocycles. The Hall–Kier alpha value is -0.610. The average molecular weight is 267 g/mol. The molecule has 2 fully saturated rings. The quantitative estimate of drug-likeness (QED) is 0.837. The number of amides is 1. The first-order chi connectivity index (χ1) is 9.20. The van der Waals surface area contributed by atoms with Gasteiger partial charge in [0, 0.05) is 25.2 Å². The molecule has 2 aliphatic rings. The molecule has 0 bridgehead atoms. The lowest BCUT2D eigenvalue weighted by Gasteiger charge is -2.36. The second-order valence-electron chi connectivity index (χ2n) is 6.15. The van der Waals surface area contributed by atoms with Crippen molar-refractivity contribution >= 4 is 5.91 Å². The van der Waals surface area contributed by atoms with Crippen LogP contribution in [0, 0.1) is 0 Å². The van der Waals surface area contributed by atoms with Crippen molar-refractivity contribution in [3.8, 4) is 0 Å². The van der Waals surface area contributed by atoms with Crippen molar-refractivity contribution in [2.75, 3.05) is 33.7 Å². The number of rotatable bonds is 4. The Bertz CT molecular complexity index is 281. The Morgan fingerprint density at radius 3 is 2.37 bits per heavy atom. The van der Waals surface area contributed by atoms with E-state index in [1.165, 1.54) is 44.9 Å². The van der Waals surface area contributed by atoms with Crippen LogP contribution in [0.15, 0.2) is 0 Å². The first-order valence-electron chi connectivity index (χ1n) is 7.86. The maximum absolute atomic E-state index is 12.2. The van der Waals surface area contributed by atoms with E-state index < -0.39 is 0 Å². The largest absolute Gasteiger partial charge is 0.342 e. The minimum Gasteiger partial charge on any atom is -0.342 e. The first-order valence-corrected chi connectivity index (χ1v) is 7.86. The summed E-state index contributed by atoms with van der Waals surface area (Å²) in [6.07, 6.45) is 8.57. The van der Waals surface area contributed by atoms with Gasteiger partial charge in [-0.15, -0.1) is 0 Å². The van der Waals surface area contributed by atoms with Gasteiger partial charge in [0.15, 0.2) is 0 Å². The number of nitrogens with one attached hydrogen (secondary N) is 1. The van der Waals surface area contributed by atoms with Crippen molar-refractivity contribution in [2.45, 2.75) is 57.0 Å². The fraction of sp³-hybridized carbons (Fsp3) is 0.933. The Labute approximate surface area is 117 Å². The minimum absolute atomic E-state index is 0.331. The minimum atomic E-state index is 0.331. The lowest BCUT2D eigenvalue weighted by Crippen LogP contribution is -2.46. The van der Waals surface area contributed by atoms with Gasteiger partial charge in [0.1, 0.15) is 0 Å². The highest BCUT2D eigenvalue weighted by atomic mass is 16.2. The van der Waals surface area contributed by atoms with E-state index in [9.17, 15) is 4.79 Å². The standard InChI is InChI=1S/C15H29N3O/c1-16-13-6-8-14(9-7-13)17(2)12-15(19)18-10-4-3-5-11-18/h13-14,16H,3-12H2,1-2H3. The van der Waals surface area contributed by atoms with Gasteiger partial charge in [-0.2, -0.15) is 0 Å². The molecule has 0 spiro atoms. The zero-order chi connectivity index (χ0) is 13.7. The Morgan fingerprint density at radius 2 is 1.79 bits per heavy atom. The molecule has 1 amide bonds. The van der Waals surface area contributed by atoms with Crippen LogP contribution in [0.4, 0.5) is 0 Å². The van der Waals surface area contributed by atoms with Crippen molar-refractivity contribution in [2.24, 2.45) is 0 Å². The van der Waals surface area contributed by atoms with Gasteiger partial charge in [-0.1, -0.05) is 0 Å². The van der Waals surface area contributed by atoms with Crippen LogP contribution in [0.2, 0.25) is 0 Å². The van der Waals surface area contributed by atoms with Crippen LogP contribution in [0.5, 0.6) is 0 Å².